The summed E-state index contributed by atoms with van der Waals surface area (Å²) >= 11 is 0. The molecule has 0 heterocycles. The number of rotatable bonds is 4. The summed E-state index contributed by atoms with van der Waals surface area (Å²) in [5.41, 5.74) is 17.6. The average Bonchev–Trinajstić information content (AvgIpc) is 3.43. The van der Waals surface area contributed by atoms with E-state index in [1.165, 1.54) is 101 Å². The fraction of sp³-hybridized carbons (Fsp3) is 0.423. The molecule has 0 radical (unpaired) electrons. The summed E-state index contributed by atoms with van der Waals surface area (Å²) < 4.78 is 0. The minimum Gasteiger partial charge on any atom is -0.310 e. The van der Waals surface area contributed by atoms with Crippen LogP contribution in [0.1, 0.15) is 121 Å². The van der Waals surface area contributed by atoms with Crippen molar-refractivity contribution in [1.29, 1.82) is 0 Å². The Kier molecular flexibility index (Phi) is 7.23. The van der Waals surface area contributed by atoms with Crippen LogP contribution in [-0.4, -0.2) is 0 Å². The van der Waals surface area contributed by atoms with E-state index in [1.807, 2.05) is 0 Å². The van der Waals surface area contributed by atoms with Gasteiger partial charge in [-0.25, -0.2) is 0 Å². The highest BCUT2D eigenvalue weighted by atomic mass is 15.1. The third kappa shape index (κ3) is 5.01. The topological polar surface area (TPSA) is 3.24 Å². The molecule has 5 aromatic rings. The molecular formula is C52H57N. The molecule has 6 aliphatic rings. The van der Waals surface area contributed by atoms with Gasteiger partial charge in [0.05, 0.1) is 0 Å². The Morgan fingerprint density at radius 1 is 0.491 bits per heavy atom. The van der Waals surface area contributed by atoms with Crippen molar-refractivity contribution in [2.75, 3.05) is 4.90 Å². The van der Waals surface area contributed by atoms with Gasteiger partial charge in [0.15, 0.2) is 0 Å². The van der Waals surface area contributed by atoms with Gasteiger partial charge in [-0.15, -0.1) is 0 Å². The summed E-state index contributed by atoms with van der Waals surface area (Å²) in [6.45, 7) is 16.6. The molecule has 0 atom stereocenters. The highest BCUT2D eigenvalue weighted by molar-refractivity contribution is 5.87. The van der Waals surface area contributed by atoms with Crippen LogP contribution >= 0.6 is 0 Å². The maximum Gasteiger partial charge on any atom is 0.0468 e. The first-order chi connectivity index (χ1) is 25.3. The van der Waals surface area contributed by atoms with Crippen LogP contribution in [0, 0.1) is 23.7 Å². The van der Waals surface area contributed by atoms with Crippen LogP contribution in [0.3, 0.4) is 0 Å². The van der Waals surface area contributed by atoms with Crippen molar-refractivity contribution < 1.29 is 0 Å². The summed E-state index contributed by atoms with van der Waals surface area (Å²) in [4.78, 5) is 2.50. The standard InChI is InChI=1S/C52H57N/c1-49(2,3)37-15-19-41(20-16-37)53(40-17-12-35(13-18-40)36-14-22-47-48(31-36)51(6,7)25-24-50(47,4)5)42-21-23-46-44(32-42)43-10-8-9-11-45(43)52(46)38-27-33-26-34(29-38)30-39(52)28-33/h8-23,31-34,38-39H,24-30H2,1-7H3. The van der Waals surface area contributed by atoms with E-state index in [2.05, 4.69) is 163 Å². The quantitative estimate of drug-likeness (QED) is 0.181. The van der Waals surface area contributed by atoms with Crippen molar-refractivity contribution in [3.05, 3.63) is 137 Å². The van der Waals surface area contributed by atoms with Gasteiger partial charge in [-0.2, -0.15) is 0 Å². The Balaban J connectivity index is 1.08. The van der Waals surface area contributed by atoms with Gasteiger partial charge in [0.1, 0.15) is 0 Å². The van der Waals surface area contributed by atoms with E-state index < -0.39 is 0 Å². The molecule has 0 saturated heterocycles. The van der Waals surface area contributed by atoms with E-state index in [4.69, 9.17) is 0 Å². The first-order valence-corrected chi connectivity index (χ1v) is 20.7. The van der Waals surface area contributed by atoms with Crippen molar-refractivity contribution in [2.24, 2.45) is 23.7 Å². The molecule has 0 amide bonds. The molecule has 0 aliphatic heterocycles. The van der Waals surface area contributed by atoms with Crippen LogP contribution in [0.2, 0.25) is 0 Å². The minimum atomic E-state index is 0.105. The second-order valence-electron chi connectivity index (χ2n) is 20.2. The molecule has 4 fully saturated rings. The number of hydrogen-bond acceptors (Lipinski definition) is 1. The van der Waals surface area contributed by atoms with Crippen LogP contribution in [0.15, 0.2) is 109 Å². The third-order valence-corrected chi connectivity index (χ3v) is 15.1. The zero-order chi connectivity index (χ0) is 36.5. The molecule has 5 aromatic carbocycles. The molecule has 53 heavy (non-hydrogen) atoms. The summed E-state index contributed by atoms with van der Waals surface area (Å²) in [6.07, 6.45) is 9.63. The first-order valence-electron chi connectivity index (χ1n) is 20.7. The van der Waals surface area contributed by atoms with Crippen molar-refractivity contribution in [2.45, 2.75) is 115 Å². The lowest BCUT2D eigenvalue weighted by Crippen LogP contribution is -2.55. The van der Waals surface area contributed by atoms with Gasteiger partial charge in [-0.3, -0.25) is 0 Å². The normalized spacial score (nSPS) is 27.0. The van der Waals surface area contributed by atoms with Gasteiger partial charge >= 0.3 is 0 Å². The molecule has 0 unspecified atom stereocenters. The molecular weight excluding hydrogens is 639 g/mol. The third-order valence-electron chi connectivity index (χ3n) is 15.1. The number of anilines is 3. The molecule has 1 nitrogen and oxygen atoms in total. The van der Waals surface area contributed by atoms with Crippen molar-refractivity contribution in [3.8, 4) is 22.3 Å². The summed E-state index contributed by atoms with van der Waals surface area (Å²) in [7, 11) is 0. The molecule has 6 aliphatic carbocycles. The van der Waals surface area contributed by atoms with Crippen molar-refractivity contribution in [1.82, 2.24) is 0 Å². The SMILES string of the molecule is CC(C)(C)c1ccc(N(c2ccc(-c3ccc4c(c3)C(C)(C)CCC4(C)C)cc2)c2ccc3c(c2)-c2ccccc2C32C3CC4CC(C3)CC2C4)cc1. The lowest BCUT2D eigenvalue weighted by Gasteiger charge is -2.61. The molecule has 0 aromatic heterocycles. The van der Waals surface area contributed by atoms with Crippen LogP contribution in [0.5, 0.6) is 0 Å². The van der Waals surface area contributed by atoms with E-state index in [1.54, 1.807) is 11.1 Å². The summed E-state index contributed by atoms with van der Waals surface area (Å²) in [5, 5.41) is 0. The minimum absolute atomic E-state index is 0.105. The second kappa shape index (κ2) is 11.5. The Labute approximate surface area is 318 Å². The maximum absolute atomic E-state index is 2.56. The van der Waals surface area contributed by atoms with E-state index in [9.17, 15) is 0 Å². The maximum atomic E-state index is 2.56. The smallest absolute Gasteiger partial charge is 0.0468 e. The monoisotopic (exact) mass is 695 g/mol. The van der Waals surface area contributed by atoms with Gasteiger partial charge in [-0.1, -0.05) is 121 Å². The van der Waals surface area contributed by atoms with E-state index in [-0.39, 0.29) is 21.7 Å². The van der Waals surface area contributed by atoms with E-state index in [0.717, 1.165) is 23.7 Å². The zero-order valence-corrected chi connectivity index (χ0v) is 33.1. The predicted molar refractivity (Wildman–Crippen MR) is 224 cm³/mol. The number of benzene rings is 5. The molecule has 4 saturated carbocycles. The molecule has 1 spiro atoms. The predicted octanol–water partition coefficient (Wildman–Crippen LogP) is 14.2. The Bertz CT molecular complexity index is 2200. The van der Waals surface area contributed by atoms with Gasteiger partial charge in [0.25, 0.3) is 0 Å². The fourth-order valence-corrected chi connectivity index (χ4v) is 12.4. The Morgan fingerprint density at radius 2 is 1.02 bits per heavy atom. The van der Waals surface area contributed by atoms with Crippen molar-refractivity contribution in [3.63, 3.8) is 0 Å². The molecule has 0 N–H and O–H groups in total. The first kappa shape index (κ1) is 33.5. The lowest BCUT2D eigenvalue weighted by molar-refractivity contribution is -0.0399. The van der Waals surface area contributed by atoms with E-state index >= 15 is 0 Å². The van der Waals surface area contributed by atoms with Gasteiger partial charge in [-0.05, 0) is 171 Å². The van der Waals surface area contributed by atoms with E-state index in [0.29, 0.717) is 0 Å². The Morgan fingerprint density at radius 3 is 1.66 bits per heavy atom. The highest BCUT2D eigenvalue weighted by Gasteiger charge is 2.61. The summed E-state index contributed by atoms with van der Waals surface area (Å²) in [5.74, 6) is 3.46. The fourth-order valence-electron chi connectivity index (χ4n) is 12.4. The average molecular weight is 696 g/mol. The van der Waals surface area contributed by atoms with Gasteiger partial charge in [0, 0.05) is 22.5 Å². The van der Waals surface area contributed by atoms with Gasteiger partial charge in [0.2, 0.25) is 0 Å². The number of fused-ring (bicyclic) bond motifs is 4. The van der Waals surface area contributed by atoms with Gasteiger partial charge < -0.3 is 4.90 Å². The largest absolute Gasteiger partial charge is 0.310 e. The molecule has 270 valence electrons. The second-order valence-corrected chi connectivity index (χ2v) is 20.2. The summed E-state index contributed by atoms with van der Waals surface area (Å²) in [6, 6.07) is 43.1. The van der Waals surface area contributed by atoms with Crippen LogP contribution in [-0.2, 0) is 21.7 Å². The highest BCUT2D eigenvalue weighted by Crippen LogP contribution is 2.69. The molecule has 4 bridgehead atoms. The number of nitrogens with zero attached hydrogens (tertiary/aromatic N) is 1. The number of hydrogen-bond donors (Lipinski definition) is 0. The van der Waals surface area contributed by atoms with Crippen LogP contribution in [0.25, 0.3) is 22.3 Å². The molecule has 11 rings (SSSR count). The molecule has 1 heteroatoms. The lowest BCUT2D eigenvalue weighted by atomic mass is 9.43. The van der Waals surface area contributed by atoms with Crippen molar-refractivity contribution >= 4 is 17.1 Å². The van der Waals surface area contributed by atoms with Crippen LogP contribution < -0.4 is 4.90 Å². The zero-order valence-electron chi connectivity index (χ0n) is 33.1. The Hall–Kier alpha value is -4.10. The van der Waals surface area contributed by atoms with Crippen LogP contribution in [0.4, 0.5) is 17.1 Å².